The Morgan fingerprint density at radius 2 is 2.00 bits per heavy atom. The van der Waals surface area contributed by atoms with Crippen LogP contribution < -0.4 is 0 Å². The van der Waals surface area contributed by atoms with E-state index in [1.54, 1.807) is 0 Å². The molecule has 1 aromatic rings. The van der Waals surface area contributed by atoms with Gasteiger partial charge in [0.15, 0.2) is 0 Å². The SMILES string of the molecule is C=C1CC=Cc2c(C)ccc(C(C)C)c2C1. The summed E-state index contributed by atoms with van der Waals surface area (Å²) in [5.41, 5.74) is 7.10. The zero-order valence-electron chi connectivity index (χ0n) is 10.5. The Morgan fingerprint density at radius 1 is 1.25 bits per heavy atom. The first-order valence-corrected chi connectivity index (χ1v) is 6.05. The topological polar surface area (TPSA) is 0 Å². The highest BCUT2D eigenvalue weighted by atomic mass is 14.2. The molecule has 0 saturated heterocycles. The number of hydrogen-bond acceptors (Lipinski definition) is 0. The van der Waals surface area contributed by atoms with Crippen molar-refractivity contribution >= 4 is 6.08 Å². The van der Waals surface area contributed by atoms with Crippen LogP contribution in [0, 0.1) is 6.92 Å². The number of rotatable bonds is 1. The van der Waals surface area contributed by atoms with Crippen molar-refractivity contribution in [2.75, 3.05) is 0 Å². The van der Waals surface area contributed by atoms with E-state index in [4.69, 9.17) is 0 Å². The Kier molecular flexibility index (Phi) is 3.00. The Morgan fingerprint density at radius 3 is 2.69 bits per heavy atom. The van der Waals surface area contributed by atoms with Gasteiger partial charge in [-0.25, -0.2) is 0 Å². The van der Waals surface area contributed by atoms with Gasteiger partial charge in [-0.05, 0) is 47.9 Å². The maximum absolute atomic E-state index is 4.15. The molecule has 1 aliphatic carbocycles. The van der Waals surface area contributed by atoms with Crippen LogP contribution in [-0.4, -0.2) is 0 Å². The summed E-state index contributed by atoms with van der Waals surface area (Å²) in [4.78, 5) is 0. The van der Waals surface area contributed by atoms with E-state index in [1.807, 2.05) is 0 Å². The van der Waals surface area contributed by atoms with Crippen LogP contribution in [0.3, 0.4) is 0 Å². The molecule has 0 heterocycles. The second kappa shape index (κ2) is 4.29. The van der Waals surface area contributed by atoms with Gasteiger partial charge in [0, 0.05) is 0 Å². The quantitative estimate of drug-likeness (QED) is 0.595. The fraction of sp³-hybridized carbons (Fsp3) is 0.375. The zero-order valence-corrected chi connectivity index (χ0v) is 10.5. The van der Waals surface area contributed by atoms with Gasteiger partial charge in [-0.3, -0.25) is 0 Å². The number of fused-ring (bicyclic) bond motifs is 1. The van der Waals surface area contributed by atoms with Gasteiger partial charge in [0.05, 0.1) is 0 Å². The van der Waals surface area contributed by atoms with Crippen LogP contribution in [-0.2, 0) is 6.42 Å². The lowest BCUT2D eigenvalue weighted by Gasteiger charge is -2.17. The molecular formula is C16H20. The molecule has 0 nitrogen and oxygen atoms in total. The second-order valence-corrected chi connectivity index (χ2v) is 5.05. The molecule has 0 saturated carbocycles. The number of allylic oxidation sites excluding steroid dienone is 2. The van der Waals surface area contributed by atoms with E-state index in [2.05, 4.69) is 51.6 Å². The summed E-state index contributed by atoms with van der Waals surface area (Å²) < 4.78 is 0. The molecule has 0 fully saturated rings. The third kappa shape index (κ3) is 1.97. The maximum Gasteiger partial charge on any atom is -0.00578 e. The molecule has 0 spiro atoms. The predicted molar refractivity (Wildman–Crippen MR) is 71.8 cm³/mol. The van der Waals surface area contributed by atoms with Crippen LogP contribution in [0.5, 0.6) is 0 Å². The molecule has 0 bridgehead atoms. The summed E-state index contributed by atoms with van der Waals surface area (Å²) in [6.45, 7) is 10.9. The van der Waals surface area contributed by atoms with Crippen LogP contribution in [0.2, 0.25) is 0 Å². The summed E-state index contributed by atoms with van der Waals surface area (Å²) in [5.74, 6) is 0.591. The first kappa shape index (κ1) is 11.2. The van der Waals surface area contributed by atoms with Gasteiger partial charge in [-0.15, -0.1) is 0 Å². The molecule has 16 heavy (non-hydrogen) atoms. The fourth-order valence-corrected chi connectivity index (χ4v) is 2.43. The number of hydrogen-bond donors (Lipinski definition) is 0. The maximum atomic E-state index is 4.15. The highest BCUT2D eigenvalue weighted by Gasteiger charge is 2.14. The van der Waals surface area contributed by atoms with E-state index in [1.165, 1.54) is 27.8 Å². The molecule has 0 atom stereocenters. The van der Waals surface area contributed by atoms with Gasteiger partial charge in [-0.2, -0.15) is 0 Å². The van der Waals surface area contributed by atoms with Crippen LogP contribution in [0.4, 0.5) is 0 Å². The summed E-state index contributed by atoms with van der Waals surface area (Å²) in [6, 6.07) is 4.53. The molecule has 0 radical (unpaired) electrons. The van der Waals surface area contributed by atoms with Crippen molar-refractivity contribution in [3.63, 3.8) is 0 Å². The largest absolute Gasteiger partial charge is 0.0992 e. The van der Waals surface area contributed by atoms with Crippen LogP contribution in [0.25, 0.3) is 6.08 Å². The molecule has 0 heteroatoms. The smallest absolute Gasteiger partial charge is 0.00578 e. The van der Waals surface area contributed by atoms with E-state index >= 15 is 0 Å². The van der Waals surface area contributed by atoms with E-state index in [0.717, 1.165) is 12.8 Å². The van der Waals surface area contributed by atoms with Gasteiger partial charge in [0.2, 0.25) is 0 Å². The lowest BCUT2D eigenvalue weighted by Crippen LogP contribution is -2.01. The first-order chi connectivity index (χ1) is 7.59. The van der Waals surface area contributed by atoms with E-state index in [9.17, 15) is 0 Å². The average molecular weight is 212 g/mol. The van der Waals surface area contributed by atoms with Crippen LogP contribution in [0.15, 0.2) is 30.4 Å². The highest BCUT2D eigenvalue weighted by molar-refractivity contribution is 5.62. The molecule has 1 aromatic carbocycles. The molecule has 1 aliphatic rings. The molecule has 0 aromatic heterocycles. The minimum atomic E-state index is 0.591. The minimum absolute atomic E-state index is 0.591. The molecule has 84 valence electrons. The Labute approximate surface area is 98.7 Å². The van der Waals surface area contributed by atoms with Crippen molar-refractivity contribution in [2.24, 2.45) is 0 Å². The Bertz CT molecular complexity index is 447. The van der Waals surface area contributed by atoms with Crippen molar-refractivity contribution in [3.8, 4) is 0 Å². The van der Waals surface area contributed by atoms with Gasteiger partial charge in [0.25, 0.3) is 0 Å². The van der Waals surface area contributed by atoms with Crippen LogP contribution >= 0.6 is 0 Å². The van der Waals surface area contributed by atoms with Crippen molar-refractivity contribution in [1.82, 2.24) is 0 Å². The molecule has 0 aliphatic heterocycles. The standard InChI is InChI=1S/C16H20/c1-11(2)14-9-8-13(4)15-7-5-6-12(3)10-16(14)15/h5,7-9,11H,3,6,10H2,1-2,4H3. The van der Waals surface area contributed by atoms with Gasteiger partial charge >= 0.3 is 0 Å². The molecular weight excluding hydrogens is 192 g/mol. The molecule has 0 amide bonds. The second-order valence-electron chi connectivity index (χ2n) is 5.05. The van der Waals surface area contributed by atoms with E-state index < -0.39 is 0 Å². The molecule has 0 unspecified atom stereocenters. The van der Waals surface area contributed by atoms with Gasteiger partial charge in [-0.1, -0.05) is 50.3 Å². The average Bonchev–Trinajstić information content (AvgIpc) is 2.40. The lowest BCUT2D eigenvalue weighted by molar-refractivity contribution is 0.844. The third-order valence-corrected chi connectivity index (χ3v) is 3.35. The highest BCUT2D eigenvalue weighted by Crippen LogP contribution is 2.31. The Hall–Kier alpha value is -1.30. The fourth-order valence-electron chi connectivity index (χ4n) is 2.43. The van der Waals surface area contributed by atoms with Crippen molar-refractivity contribution in [1.29, 1.82) is 0 Å². The third-order valence-electron chi connectivity index (χ3n) is 3.35. The lowest BCUT2D eigenvalue weighted by atomic mass is 9.88. The molecule has 2 rings (SSSR count). The van der Waals surface area contributed by atoms with Gasteiger partial charge in [0.1, 0.15) is 0 Å². The van der Waals surface area contributed by atoms with Crippen molar-refractivity contribution in [2.45, 2.75) is 39.5 Å². The number of benzene rings is 1. The summed E-state index contributed by atoms with van der Waals surface area (Å²) in [6.07, 6.45) is 6.57. The normalized spacial score (nSPS) is 15.1. The summed E-state index contributed by atoms with van der Waals surface area (Å²) >= 11 is 0. The first-order valence-electron chi connectivity index (χ1n) is 6.05. The zero-order chi connectivity index (χ0) is 11.7. The minimum Gasteiger partial charge on any atom is -0.0992 e. The Balaban J connectivity index is 2.63. The molecule has 0 N–H and O–H groups in total. The van der Waals surface area contributed by atoms with E-state index in [-0.39, 0.29) is 0 Å². The van der Waals surface area contributed by atoms with Gasteiger partial charge < -0.3 is 0 Å². The summed E-state index contributed by atoms with van der Waals surface area (Å²) in [5, 5.41) is 0. The van der Waals surface area contributed by atoms with Crippen molar-refractivity contribution < 1.29 is 0 Å². The number of aryl methyl sites for hydroxylation is 1. The monoisotopic (exact) mass is 212 g/mol. The summed E-state index contributed by atoms with van der Waals surface area (Å²) in [7, 11) is 0. The van der Waals surface area contributed by atoms with Crippen LogP contribution in [0.1, 0.15) is 48.4 Å². The van der Waals surface area contributed by atoms with E-state index in [0.29, 0.717) is 5.92 Å². The van der Waals surface area contributed by atoms with Crippen molar-refractivity contribution in [3.05, 3.63) is 52.6 Å². The predicted octanol–water partition coefficient (Wildman–Crippen LogP) is 4.63.